The van der Waals surface area contributed by atoms with Gasteiger partial charge in [-0.15, -0.1) is 0 Å². The molecule has 0 aliphatic heterocycles. The van der Waals surface area contributed by atoms with Crippen LogP contribution < -0.4 is 0 Å². The summed E-state index contributed by atoms with van der Waals surface area (Å²) in [6, 6.07) is 0. The summed E-state index contributed by atoms with van der Waals surface area (Å²) in [6.45, 7) is 1.99. The van der Waals surface area contributed by atoms with Crippen LogP contribution in [0.3, 0.4) is 0 Å². The van der Waals surface area contributed by atoms with E-state index in [1.807, 2.05) is 6.92 Å². The van der Waals surface area contributed by atoms with Crippen LogP contribution in [0, 0.1) is 11.3 Å². The van der Waals surface area contributed by atoms with Crippen LogP contribution in [-0.4, -0.2) is 26.7 Å². The minimum Gasteiger partial charge on any atom is -0.356 e. The average molecular weight is 145 g/mol. The van der Waals surface area contributed by atoms with Gasteiger partial charge in [-0.1, -0.05) is 6.92 Å². The molecule has 0 bridgehead atoms. The summed E-state index contributed by atoms with van der Waals surface area (Å²) in [4.78, 5) is 0. The predicted octanol–water partition coefficient (Wildman–Crippen LogP) is 1.28. The molecule has 0 fully saturated rings. The number of ether oxygens (including phenoxy) is 2. The molecule has 0 aliphatic rings. The maximum Gasteiger partial charge on any atom is 0.159 e. The SMILES string of the molecule is COC(OC)C(C)CC=N. The lowest BCUT2D eigenvalue weighted by molar-refractivity contribution is -0.131. The second-order valence-electron chi connectivity index (χ2n) is 2.26. The molecule has 0 aliphatic carbocycles. The Balaban J connectivity index is 3.63. The normalized spacial score (nSPS) is 13.6. The van der Waals surface area contributed by atoms with E-state index in [1.165, 1.54) is 6.21 Å². The van der Waals surface area contributed by atoms with Gasteiger partial charge in [-0.3, -0.25) is 0 Å². The number of hydrogen-bond donors (Lipinski definition) is 1. The topological polar surface area (TPSA) is 42.3 Å². The fraction of sp³-hybridized carbons (Fsp3) is 0.857. The number of nitrogens with one attached hydrogen (secondary N) is 1. The molecule has 0 aromatic carbocycles. The lowest BCUT2D eigenvalue weighted by Crippen LogP contribution is -2.22. The van der Waals surface area contributed by atoms with Crippen molar-refractivity contribution in [3.63, 3.8) is 0 Å². The summed E-state index contributed by atoms with van der Waals surface area (Å²) in [7, 11) is 3.21. The van der Waals surface area contributed by atoms with Crippen LogP contribution in [0.4, 0.5) is 0 Å². The maximum atomic E-state index is 6.84. The van der Waals surface area contributed by atoms with Crippen LogP contribution in [0.15, 0.2) is 0 Å². The van der Waals surface area contributed by atoms with E-state index in [2.05, 4.69) is 0 Å². The van der Waals surface area contributed by atoms with E-state index in [0.717, 1.165) is 0 Å². The summed E-state index contributed by atoms with van der Waals surface area (Å²) < 4.78 is 9.98. The number of rotatable bonds is 5. The van der Waals surface area contributed by atoms with Crippen LogP contribution in [0.5, 0.6) is 0 Å². The molecular formula is C7H15NO2. The quantitative estimate of drug-likeness (QED) is 0.467. The Morgan fingerprint density at radius 2 is 1.90 bits per heavy atom. The van der Waals surface area contributed by atoms with Crippen molar-refractivity contribution in [2.45, 2.75) is 19.6 Å². The minimum absolute atomic E-state index is 0.179. The highest BCUT2D eigenvalue weighted by molar-refractivity contribution is 5.53. The molecule has 0 radical (unpaired) electrons. The average Bonchev–Trinajstić information content (AvgIpc) is 1.91. The summed E-state index contributed by atoms with van der Waals surface area (Å²) in [5.41, 5.74) is 0. The third-order valence-corrected chi connectivity index (χ3v) is 1.42. The van der Waals surface area contributed by atoms with Crippen LogP contribution in [0.1, 0.15) is 13.3 Å². The van der Waals surface area contributed by atoms with Crippen molar-refractivity contribution in [3.05, 3.63) is 0 Å². The second kappa shape index (κ2) is 5.38. The van der Waals surface area contributed by atoms with Gasteiger partial charge >= 0.3 is 0 Å². The van der Waals surface area contributed by atoms with Crippen LogP contribution in [0.25, 0.3) is 0 Å². The van der Waals surface area contributed by atoms with Gasteiger partial charge in [-0.05, 0) is 12.6 Å². The molecule has 0 saturated heterocycles. The Bertz CT molecular complexity index is 91.6. The van der Waals surface area contributed by atoms with E-state index < -0.39 is 0 Å². The first-order valence-corrected chi connectivity index (χ1v) is 3.30. The largest absolute Gasteiger partial charge is 0.356 e. The molecule has 3 heteroatoms. The molecule has 3 nitrogen and oxygen atoms in total. The van der Waals surface area contributed by atoms with Crippen molar-refractivity contribution < 1.29 is 9.47 Å². The third-order valence-electron chi connectivity index (χ3n) is 1.42. The monoisotopic (exact) mass is 145 g/mol. The molecule has 0 amide bonds. The fourth-order valence-corrected chi connectivity index (χ4v) is 0.858. The standard InChI is InChI=1S/C7H15NO2/c1-6(4-5-8)7(9-2)10-3/h5-8H,4H2,1-3H3. The van der Waals surface area contributed by atoms with Gasteiger partial charge in [0.15, 0.2) is 6.29 Å². The van der Waals surface area contributed by atoms with Crippen LogP contribution in [-0.2, 0) is 9.47 Å². The molecule has 0 saturated carbocycles. The zero-order valence-electron chi connectivity index (χ0n) is 6.76. The molecule has 60 valence electrons. The van der Waals surface area contributed by atoms with Gasteiger partial charge < -0.3 is 14.9 Å². The highest BCUT2D eigenvalue weighted by Crippen LogP contribution is 2.09. The van der Waals surface area contributed by atoms with Gasteiger partial charge in [0.05, 0.1) is 0 Å². The van der Waals surface area contributed by atoms with Gasteiger partial charge in [0.2, 0.25) is 0 Å². The molecule has 0 aromatic rings. The molecule has 0 heterocycles. The molecule has 0 aromatic heterocycles. The van der Waals surface area contributed by atoms with Crippen LogP contribution in [0.2, 0.25) is 0 Å². The van der Waals surface area contributed by atoms with Crippen LogP contribution >= 0.6 is 0 Å². The first-order valence-electron chi connectivity index (χ1n) is 3.30. The fourth-order valence-electron chi connectivity index (χ4n) is 0.858. The minimum atomic E-state index is -0.179. The summed E-state index contributed by atoms with van der Waals surface area (Å²) in [5.74, 6) is 0.257. The third kappa shape index (κ3) is 2.94. The van der Waals surface area contributed by atoms with Crippen molar-refractivity contribution in [3.8, 4) is 0 Å². The van der Waals surface area contributed by atoms with E-state index in [0.29, 0.717) is 6.42 Å². The highest BCUT2D eigenvalue weighted by Gasteiger charge is 2.13. The van der Waals surface area contributed by atoms with E-state index in [4.69, 9.17) is 14.9 Å². The van der Waals surface area contributed by atoms with Gasteiger partial charge in [0, 0.05) is 20.1 Å². The molecule has 0 rings (SSSR count). The van der Waals surface area contributed by atoms with Crippen molar-refractivity contribution in [1.82, 2.24) is 0 Å². The second-order valence-corrected chi connectivity index (χ2v) is 2.26. The summed E-state index contributed by atoms with van der Waals surface area (Å²) >= 11 is 0. The van der Waals surface area contributed by atoms with E-state index in [-0.39, 0.29) is 12.2 Å². The van der Waals surface area contributed by atoms with E-state index in [1.54, 1.807) is 14.2 Å². The molecule has 1 N–H and O–H groups in total. The highest BCUT2D eigenvalue weighted by atomic mass is 16.7. The Morgan fingerprint density at radius 1 is 1.40 bits per heavy atom. The van der Waals surface area contributed by atoms with Crippen molar-refractivity contribution >= 4 is 6.21 Å². The Hall–Kier alpha value is -0.410. The Labute approximate surface area is 61.8 Å². The van der Waals surface area contributed by atoms with Crippen molar-refractivity contribution in [2.75, 3.05) is 14.2 Å². The first kappa shape index (κ1) is 9.59. The summed E-state index contributed by atoms with van der Waals surface area (Å²) in [6.07, 6.45) is 1.89. The lowest BCUT2D eigenvalue weighted by atomic mass is 10.1. The maximum absolute atomic E-state index is 6.84. The first-order chi connectivity index (χ1) is 4.76. The van der Waals surface area contributed by atoms with E-state index in [9.17, 15) is 0 Å². The van der Waals surface area contributed by atoms with Gasteiger partial charge in [0.1, 0.15) is 0 Å². The Morgan fingerprint density at radius 3 is 2.20 bits per heavy atom. The van der Waals surface area contributed by atoms with Gasteiger partial charge in [-0.2, -0.15) is 0 Å². The molecular weight excluding hydrogens is 130 g/mol. The van der Waals surface area contributed by atoms with Gasteiger partial charge in [0.25, 0.3) is 0 Å². The summed E-state index contributed by atoms with van der Waals surface area (Å²) in [5, 5.41) is 6.84. The molecule has 1 atom stereocenters. The lowest BCUT2D eigenvalue weighted by Gasteiger charge is -2.18. The molecule has 1 unspecified atom stereocenters. The predicted molar refractivity (Wildman–Crippen MR) is 40.4 cm³/mol. The molecule has 10 heavy (non-hydrogen) atoms. The van der Waals surface area contributed by atoms with E-state index >= 15 is 0 Å². The Kier molecular flexibility index (Phi) is 5.16. The zero-order valence-corrected chi connectivity index (χ0v) is 6.76. The van der Waals surface area contributed by atoms with Gasteiger partial charge in [-0.25, -0.2) is 0 Å². The molecule has 0 spiro atoms. The number of methoxy groups -OCH3 is 2. The zero-order chi connectivity index (χ0) is 7.98. The smallest absolute Gasteiger partial charge is 0.159 e. The van der Waals surface area contributed by atoms with Crippen molar-refractivity contribution in [1.29, 1.82) is 5.41 Å². The number of hydrogen-bond acceptors (Lipinski definition) is 3. The van der Waals surface area contributed by atoms with Crippen molar-refractivity contribution in [2.24, 2.45) is 5.92 Å².